The number of thioether (sulfide) groups is 1. The Morgan fingerprint density at radius 3 is 2.72 bits per heavy atom. The molecule has 2 aromatic heterocycles. The predicted octanol–water partition coefficient (Wildman–Crippen LogP) is 2.98. The largest absolute Gasteiger partial charge is 0.481 e. The molecule has 0 aromatic carbocycles. The number of aliphatic carboxylic acids is 1. The summed E-state index contributed by atoms with van der Waals surface area (Å²) >= 11 is 3.12. The first-order chi connectivity index (χ1) is 12.0. The molecule has 0 unspecified atom stereocenters. The number of carbonyl (C=O) groups is 2. The minimum atomic E-state index is -0.760. The van der Waals surface area contributed by atoms with Crippen LogP contribution in [0.15, 0.2) is 11.1 Å². The highest BCUT2D eigenvalue weighted by Crippen LogP contribution is 2.32. The number of likely N-dealkylation sites (tertiary alicyclic amines) is 1. The monoisotopic (exact) mass is 379 g/mol. The van der Waals surface area contributed by atoms with E-state index in [9.17, 15) is 9.59 Å². The highest BCUT2D eigenvalue weighted by molar-refractivity contribution is 8.00. The molecule has 1 aliphatic heterocycles. The summed E-state index contributed by atoms with van der Waals surface area (Å²) in [5.74, 6) is 0.00249. The lowest BCUT2D eigenvalue weighted by atomic mass is 9.97. The van der Waals surface area contributed by atoms with Gasteiger partial charge in [-0.1, -0.05) is 18.7 Å². The van der Waals surface area contributed by atoms with Crippen LogP contribution in [0.2, 0.25) is 0 Å². The van der Waals surface area contributed by atoms with E-state index in [4.69, 9.17) is 5.11 Å². The van der Waals surface area contributed by atoms with E-state index in [1.54, 1.807) is 16.2 Å². The van der Waals surface area contributed by atoms with Crippen molar-refractivity contribution in [1.82, 2.24) is 14.9 Å². The van der Waals surface area contributed by atoms with E-state index in [-0.39, 0.29) is 11.8 Å². The quantitative estimate of drug-likeness (QED) is 0.635. The second kappa shape index (κ2) is 7.70. The molecule has 1 amide bonds. The smallest absolute Gasteiger partial charge is 0.306 e. The lowest BCUT2D eigenvalue weighted by Gasteiger charge is -2.30. The van der Waals surface area contributed by atoms with Crippen molar-refractivity contribution in [3.63, 3.8) is 0 Å². The summed E-state index contributed by atoms with van der Waals surface area (Å²) in [6, 6.07) is 2.12. The van der Waals surface area contributed by atoms with Crippen LogP contribution in [-0.4, -0.2) is 50.7 Å². The number of carboxylic acid groups (broad SMARTS) is 1. The van der Waals surface area contributed by atoms with Crippen LogP contribution in [0.4, 0.5) is 0 Å². The van der Waals surface area contributed by atoms with Gasteiger partial charge >= 0.3 is 5.97 Å². The SMILES string of the molecule is CCc1cc2c(SCC(=O)N3CCC(C(=O)O)CC3)nc(C)nc2s1. The summed E-state index contributed by atoms with van der Waals surface area (Å²) in [5.41, 5.74) is 0. The van der Waals surface area contributed by atoms with Gasteiger partial charge in [-0.05, 0) is 32.3 Å². The van der Waals surface area contributed by atoms with Gasteiger partial charge in [0, 0.05) is 23.4 Å². The molecule has 6 nitrogen and oxygen atoms in total. The number of piperidine rings is 1. The van der Waals surface area contributed by atoms with Crippen LogP contribution in [0.5, 0.6) is 0 Å². The average Bonchev–Trinajstić information content (AvgIpc) is 3.02. The van der Waals surface area contributed by atoms with E-state index in [1.807, 2.05) is 6.92 Å². The maximum atomic E-state index is 12.4. The Kier molecular flexibility index (Phi) is 5.58. The zero-order chi connectivity index (χ0) is 18.0. The number of thiophene rings is 1. The number of nitrogens with zero attached hydrogens (tertiary/aromatic N) is 3. The Morgan fingerprint density at radius 1 is 1.36 bits per heavy atom. The third kappa shape index (κ3) is 4.12. The van der Waals surface area contributed by atoms with Crippen LogP contribution >= 0.6 is 23.1 Å². The van der Waals surface area contributed by atoms with Crippen molar-refractivity contribution in [2.75, 3.05) is 18.8 Å². The Hall–Kier alpha value is -1.67. The van der Waals surface area contributed by atoms with Gasteiger partial charge < -0.3 is 10.0 Å². The molecule has 0 saturated carbocycles. The minimum Gasteiger partial charge on any atom is -0.481 e. The van der Waals surface area contributed by atoms with Crippen molar-refractivity contribution in [3.05, 3.63) is 16.8 Å². The molecule has 1 aliphatic rings. The molecule has 1 fully saturated rings. The van der Waals surface area contributed by atoms with Crippen LogP contribution in [0.3, 0.4) is 0 Å². The molecule has 8 heteroatoms. The van der Waals surface area contributed by atoms with E-state index in [0.717, 1.165) is 21.7 Å². The fourth-order valence-corrected chi connectivity index (χ4v) is 4.96. The molecule has 0 bridgehead atoms. The fraction of sp³-hybridized carbons (Fsp3) is 0.529. The van der Waals surface area contributed by atoms with Crippen LogP contribution < -0.4 is 0 Å². The number of amides is 1. The number of aromatic nitrogens is 2. The number of fused-ring (bicyclic) bond motifs is 1. The second-order valence-corrected chi connectivity index (χ2v) is 8.22. The van der Waals surface area contributed by atoms with Crippen molar-refractivity contribution in [2.45, 2.75) is 38.1 Å². The molecule has 0 atom stereocenters. The topological polar surface area (TPSA) is 83.4 Å². The van der Waals surface area contributed by atoms with Crippen molar-refractivity contribution < 1.29 is 14.7 Å². The lowest BCUT2D eigenvalue weighted by molar-refractivity contribution is -0.145. The molecular weight excluding hydrogens is 358 g/mol. The van der Waals surface area contributed by atoms with Crippen molar-refractivity contribution in [3.8, 4) is 0 Å². The number of rotatable bonds is 5. The zero-order valence-electron chi connectivity index (χ0n) is 14.3. The van der Waals surface area contributed by atoms with Crippen LogP contribution in [-0.2, 0) is 16.0 Å². The molecule has 2 aromatic rings. The first-order valence-corrected chi connectivity index (χ1v) is 10.2. The van der Waals surface area contributed by atoms with Crippen LogP contribution in [0.25, 0.3) is 10.2 Å². The number of hydrogen-bond acceptors (Lipinski definition) is 6. The Balaban J connectivity index is 1.65. The minimum absolute atomic E-state index is 0.0456. The molecule has 25 heavy (non-hydrogen) atoms. The highest BCUT2D eigenvalue weighted by atomic mass is 32.2. The molecule has 3 rings (SSSR count). The van der Waals surface area contributed by atoms with Gasteiger partial charge in [0.2, 0.25) is 5.91 Å². The third-order valence-electron chi connectivity index (χ3n) is 4.40. The lowest BCUT2D eigenvalue weighted by Crippen LogP contribution is -2.41. The molecule has 1 N–H and O–H groups in total. The number of carboxylic acids is 1. The second-order valence-electron chi connectivity index (χ2n) is 6.14. The maximum Gasteiger partial charge on any atom is 0.306 e. The van der Waals surface area contributed by atoms with Gasteiger partial charge in [-0.2, -0.15) is 0 Å². The summed E-state index contributed by atoms with van der Waals surface area (Å²) in [7, 11) is 0. The predicted molar refractivity (Wildman–Crippen MR) is 99.2 cm³/mol. The van der Waals surface area contributed by atoms with E-state index < -0.39 is 5.97 Å². The van der Waals surface area contributed by atoms with Gasteiger partial charge in [0.15, 0.2) is 0 Å². The summed E-state index contributed by atoms with van der Waals surface area (Å²) in [5, 5.41) is 10.9. The van der Waals surface area contributed by atoms with E-state index in [0.29, 0.717) is 37.5 Å². The van der Waals surface area contributed by atoms with Crippen molar-refractivity contribution in [2.24, 2.45) is 5.92 Å². The standard InChI is InChI=1S/C17H21N3O3S2/c1-3-12-8-13-15(18-10(2)19-16(13)25-12)24-9-14(21)20-6-4-11(5-7-20)17(22)23/h8,11H,3-7,9H2,1-2H3,(H,22,23). The third-order valence-corrected chi connectivity index (χ3v) is 6.55. The first kappa shape index (κ1) is 18.1. The van der Waals surface area contributed by atoms with Gasteiger partial charge in [0.25, 0.3) is 0 Å². The highest BCUT2D eigenvalue weighted by Gasteiger charge is 2.27. The summed E-state index contributed by atoms with van der Waals surface area (Å²) in [6.45, 7) is 5.02. The molecule has 134 valence electrons. The van der Waals surface area contributed by atoms with Gasteiger partial charge in [0.05, 0.1) is 11.7 Å². The Bertz CT molecular complexity index is 798. The summed E-state index contributed by atoms with van der Waals surface area (Å²) < 4.78 is 0. The summed E-state index contributed by atoms with van der Waals surface area (Å²) in [4.78, 5) is 36.5. The molecule has 0 aliphatic carbocycles. The van der Waals surface area contributed by atoms with Crippen LogP contribution in [0.1, 0.15) is 30.5 Å². The van der Waals surface area contributed by atoms with E-state index >= 15 is 0 Å². The first-order valence-electron chi connectivity index (χ1n) is 8.38. The average molecular weight is 380 g/mol. The van der Waals surface area contributed by atoms with E-state index in [1.165, 1.54) is 16.6 Å². The Labute approximate surface area is 154 Å². The zero-order valence-corrected chi connectivity index (χ0v) is 16.0. The van der Waals surface area contributed by atoms with Gasteiger partial charge in [0.1, 0.15) is 15.7 Å². The van der Waals surface area contributed by atoms with E-state index in [2.05, 4.69) is 23.0 Å². The van der Waals surface area contributed by atoms with Crippen molar-refractivity contribution in [1.29, 1.82) is 0 Å². The fourth-order valence-electron chi connectivity index (χ4n) is 2.93. The number of hydrogen-bond donors (Lipinski definition) is 1. The van der Waals surface area contributed by atoms with Gasteiger partial charge in [-0.15, -0.1) is 11.3 Å². The maximum absolute atomic E-state index is 12.4. The molecule has 0 spiro atoms. The normalized spacial score (nSPS) is 15.7. The molecular formula is C17H21N3O3S2. The van der Waals surface area contributed by atoms with Gasteiger partial charge in [-0.3, -0.25) is 9.59 Å². The number of aryl methyl sites for hydroxylation is 2. The molecule has 3 heterocycles. The summed E-state index contributed by atoms with van der Waals surface area (Å²) in [6.07, 6.45) is 2.03. The van der Waals surface area contributed by atoms with Gasteiger partial charge in [-0.25, -0.2) is 9.97 Å². The Morgan fingerprint density at radius 2 is 2.08 bits per heavy atom. The molecule has 1 saturated heterocycles. The van der Waals surface area contributed by atoms with Crippen LogP contribution in [0, 0.1) is 12.8 Å². The van der Waals surface area contributed by atoms with Crippen molar-refractivity contribution >= 4 is 45.2 Å². The number of carbonyl (C=O) groups excluding carboxylic acids is 1. The molecule has 0 radical (unpaired) electrons.